The van der Waals surface area contributed by atoms with E-state index in [9.17, 15) is 31.5 Å². The molecule has 1 heterocycles. The Balaban J connectivity index is 2.37. The Hall–Kier alpha value is -1.99. The highest BCUT2D eigenvalue weighted by Crippen LogP contribution is 2.38. The van der Waals surface area contributed by atoms with Gasteiger partial charge in [0.1, 0.15) is 0 Å². The van der Waals surface area contributed by atoms with Crippen LogP contribution in [0.4, 0.5) is 27.6 Å². The van der Waals surface area contributed by atoms with E-state index in [1.54, 1.807) is 0 Å². The minimum absolute atomic E-state index is 0.219. The average Bonchev–Trinajstić information content (AvgIpc) is 2.56. The lowest BCUT2D eigenvalue weighted by atomic mass is 9.99. The Bertz CT molecular complexity index is 595. The standard InChI is InChI=1S/C13H10F5NO2/c14-12(15,13(16,17)18)11(21)8-4-5-9-7(6-8)2-1-3-10(20)19-9/h4-6H,1-3H2,(H,19,20). The number of anilines is 1. The van der Waals surface area contributed by atoms with Crippen LogP contribution >= 0.6 is 0 Å². The normalized spacial score (nSPS) is 16.0. The Morgan fingerprint density at radius 1 is 1.10 bits per heavy atom. The van der Waals surface area contributed by atoms with Gasteiger partial charge in [0, 0.05) is 17.7 Å². The third kappa shape index (κ3) is 2.88. The lowest BCUT2D eigenvalue weighted by Crippen LogP contribution is -2.44. The molecule has 1 N–H and O–H groups in total. The summed E-state index contributed by atoms with van der Waals surface area (Å²) in [4.78, 5) is 22.7. The van der Waals surface area contributed by atoms with Crippen molar-refractivity contribution in [2.24, 2.45) is 0 Å². The molecule has 1 amide bonds. The number of aryl methyl sites for hydroxylation is 1. The van der Waals surface area contributed by atoms with Gasteiger partial charge in [-0.1, -0.05) is 0 Å². The van der Waals surface area contributed by atoms with E-state index in [0.29, 0.717) is 24.1 Å². The number of ketones is 1. The molecule has 2 rings (SSSR count). The van der Waals surface area contributed by atoms with Crippen LogP contribution in [-0.2, 0) is 11.2 Å². The SMILES string of the molecule is O=C1CCCc2cc(C(=O)C(F)(F)C(F)(F)F)ccc2N1. The second-order valence-electron chi connectivity index (χ2n) is 4.67. The fourth-order valence-electron chi connectivity index (χ4n) is 2.03. The van der Waals surface area contributed by atoms with E-state index in [-0.39, 0.29) is 12.3 Å². The molecule has 8 heteroatoms. The molecule has 0 bridgehead atoms. The number of nitrogens with one attached hydrogen (secondary N) is 1. The summed E-state index contributed by atoms with van der Waals surface area (Å²) in [7, 11) is 0. The van der Waals surface area contributed by atoms with Gasteiger partial charge in [0.25, 0.3) is 0 Å². The first-order valence-electron chi connectivity index (χ1n) is 6.05. The van der Waals surface area contributed by atoms with Gasteiger partial charge in [0.15, 0.2) is 0 Å². The van der Waals surface area contributed by atoms with Crippen LogP contribution < -0.4 is 5.32 Å². The molecule has 0 radical (unpaired) electrons. The summed E-state index contributed by atoms with van der Waals surface area (Å²) >= 11 is 0. The average molecular weight is 307 g/mol. The number of fused-ring (bicyclic) bond motifs is 1. The zero-order valence-corrected chi connectivity index (χ0v) is 10.6. The van der Waals surface area contributed by atoms with Gasteiger partial charge < -0.3 is 5.32 Å². The van der Waals surface area contributed by atoms with Crippen LogP contribution in [0.25, 0.3) is 0 Å². The molecule has 0 aliphatic carbocycles. The minimum Gasteiger partial charge on any atom is -0.326 e. The molecule has 21 heavy (non-hydrogen) atoms. The van der Waals surface area contributed by atoms with Gasteiger partial charge in [-0.05, 0) is 36.6 Å². The number of hydrogen-bond donors (Lipinski definition) is 1. The highest BCUT2D eigenvalue weighted by molar-refractivity contribution is 6.03. The van der Waals surface area contributed by atoms with E-state index >= 15 is 0 Å². The second kappa shape index (κ2) is 5.09. The van der Waals surface area contributed by atoms with Crippen LogP contribution in [0, 0.1) is 0 Å². The van der Waals surface area contributed by atoms with Crippen molar-refractivity contribution in [3.05, 3.63) is 29.3 Å². The van der Waals surface area contributed by atoms with Crippen LogP contribution in [0.1, 0.15) is 28.8 Å². The Morgan fingerprint density at radius 2 is 1.76 bits per heavy atom. The number of alkyl halides is 5. The molecule has 0 aromatic heterocycles. The van der Waals surface area contributed by atoms with Crippen molar-refractivity contribution in [3.63, 3.8) is 0 Å². The molecule has 0 atom stereocenters. The number of carbonyl (C=O) groups excluding carboxylic acids is 2. The number of hydrogen-bond acceptors (Lipinski definition) is 2. The molecule has 1 aliphatic rings. The molecule has 0 saturated carbocycles. The maximum atomic E-state index is 13.0. The van der Waals surface area contributed by atoms with Crippen molar-refractivity contribution in [2.45, 2.75) is 31.4 Å². The minimum atomic E-state index is -5.94. The Labute approximate surface area is 116 Å². The quantitative estimate of drug-likeness (QED) is 0.673. The molecule has 0 spiro atoms. The predicted molar refractivity (Wildman–Crippen MR) is 63.3 cm³/mol. The molecule has 3 nitrogen and oxygen atoms in total. The number of halogens is 5. The summed E-state index contributed by atoms with van der Waals surface area (Å²) in [6, 6.07) is 2.99. The van der Waals surface area contributed by atoms with Gasteiger partial charge in [-0.15, -0.1) is 0 Å². The fourth-order valence-corrected chi connectivity index (χ4v) is 2.03. The summed E-state index contributed by atoms with van der Waals surface area (Å²) in [5.41, 5.74) is -0.0405. The molecule has 1 aliphatic heterocycles. The van der Waals surface area contributed by atoms with E-state index < -0.39 is 23.4 Å². The number of benzene rings is 1. The van der Waals surface area contributed by atoms with Crippen molar-refractivity contribution in [2.75, 3.05) is 5.32 Å². The van der Waals surface area contributed by atoms with Gasteiger partial charge in [0.05, 0.1) is 0 Å². The Morgan fingerprint density at radius 3 is 2.38 bits per heavy atom. The van der Waals surface area contributed by atoms with E-state index in [4.69, 9.17) is 0 Å². The maximum absolute atomic E-state index is 13.0. The molecular formula is C13H10F5NO2. The van der Waals surface area contributed by atoms with Crippen LogP contribution in [0.15, 0.2) is 18.2 Å². The molecule has 0 unspecified atom stereocenters. The van der Waals surface area contributed by atoms with Crippen molar-refractivity contribution in [3.8, 4) is 0 Å². The van der Waals surface area contributed by atoms with E-state index in [2.05, 4.69) is 5.32 Å². The largest absolute Gasteiger partial charge is 0.461 e. The first-order chi connectivity index (χ1) is 9.63. The maximum Gasteiger partial charge on any atom is 0.461 e. The third-order valence-electron chi connectivity index (χ3n) is 3.13. The van der Waals surface area contributed by atoms with Gasteiger partial charge in [-0.2, -0.15) is 22.0 Å². The molecule has 1 aromatic rings. The smallest absolute Gasteiger partial charge is 0.326 e. The number of rotatable bonds is 2. The summed E-state index contributed by atoms with van der Waals surface area (Å²) in [5, 5.41) is 2.50. The van der Waals surface area contributed by atoms with Gasteiger partial charge in [-0.25, -0.2) is 0 Å². The van der Waals surface area contributed by atoms with Crippen LogP contribution in [0.2, 0.25) is 0 Å². The summed E-state index contributed by atoms with van der Waals surface area (Å²) in [6.45, 7) is 0. The van der Waals surface area contributed by atoms with E-state index in [1.807, 2.05) is 0 Å². The van der Waals surface area contributed by atoms with Crippen LogP contribution in [-0.4, -0.2) is 23.8 Å². The van der Waals surface area contributed by atoms with Crippen molar-refractivity contribution < 1.29 is 31.5 Å². The Kier molecular flexibility index (Phi) is 3.73. The monoisotopic (exact) mass is 307 g/mol. The van der Waals surface area contributed by atoms with Gasteiger partial charge >= 0.3 is 12.1 Å². The van der Waals surface area contributed by atoms with E-state index in [1.165, 1.54) is 0 Å². The molecule has 0 saturated heterocycles. The number of amides is 1. The van der Waals surface area contributed by atoms with E-state index in [0.717, 1.165) is 18.2 Å². The molecule has 114 valence electrons. The van der Waals surface area contributed by atoms with Gasteiger partial charge in [0.2, 0.25) is 11.7 Å². The first kappa shape index (κ1) is 15.4. The highest BCUT2D eigenvalue weighted by Gasteiger charge is 2.63. The van der Waals surface area contributed by atoms with Crippen LogP contribution in [0.5, 0.6) is 0 Å². The third-order valence-corrected chi connectivity index (χ3v) is 3.13. The van der Waals surface area contributed by atoms with Crippen LogP contribution in [0.3, 0.4) is 0 Å². The number of Topliss-reactive ketones (excluding diaryl/α,β-unsaturated/α-hetero) is 1. The first-order valence-corrected chi connectivity index (χ1v) is 6.05. The predicted octanol–water partition coefficient (Wildman–Crippen LogP) is 3.34. The lowest BCUT2D eigenvalue weighted by Gasteiger charge is -2.18. The van der Waals surface area contributed by atoms with Crippen molar-refractivity contribution in [1.82, 2.24) is 0 Å². The van der Waals surface area contributed by atoms with Crippen molar-refractivity contribution in [1.29, 1.82) is 0 Å². The fraction of sp³-hybridized carbons (Fsp3) is 0.385. The zero-order valence-electron chi connectivity index (χ0n) is 10.6. The molecular weight excluding hydrogens is 297 g/mol. The highest BCUT2D eigenvalue weighted by atomic mass is 19.4. The summed E-state index contributed by atoms with van der Waals surface area (Å²) < 4.78 is 62.7. The number of carbonyl (C=O) groups is 2. The van der Waals surface area contributed by atoms with Gasteiger partial charge in [-0.3, -0.25) is 9.59 Å². The summed E-state index contributed by atoms with van der Waals surface area (Å²) in [5.74, 6) is -8.00. The van der Waals surface area contributed by atoms with Crippen molar-refractivity contribution >= 4 is 17.4 Å². The molecule has 1 aromatic carbocycles. The second-order valence-corrected chi connectivity index (χ2v) is 4.67. The summed E-state index contributed by atoms with van der Waals surface area (Å²) in [6.07, 6.45) is -4.99. The molecule has 0 fully saturated rings. The topological polar surface area (TPSA) is 46.2 Å². The zero-order chi connectivity index (χ0) is 15.8. The lowest BCUT2D eigenvalue weighted by molar-refractivity contribution is -0.255.